The summed E-state index contributed by atoms with van der Waals surface area (Å²) in [5.41, 5.74) is 0. The van der Waals surface area contributed by atoms with Crippen molar-refractivity contribution in [3.8, 4) is 0 Å². The molecule has 1 fully saturated rings. The molecule has 0 aliphatic carbocycles. The molecule has 21 heavy (non-hydrogen) atoms. The van der Waals surface area contributed by atoms with Crippen LogP contribution in [-0.4, -0.2) is 45.9 Å². The maximum absolute atomic E-state index is 12.3. The van der Waals surface area contributed by atoms with E-state index in [1.165, 1.54) is 11.3 Å². The van der Waals surface area contributed by atoms with Crippen molar-refractivity contribution in [1.29, 1.82) is 0 Å². The van der Waals surface area contributed by atoms with Crippen LogP contribution in [0.25, 0.3) is 0 Å². The van der Waals surface area contributed by atoms with Crippen LogP contribution in [0.3, 0.4) is 0 Å². The second-order valence-electron chi connectivity index (χ2n) is 5.28. The lowest BCUT2D eigenvalue weighted by Crippen LogP contribution is -2.47. The Balaban J connectivity index is 1.83. The Morgan fingerprint density at radius 2 is 2.29 bits per heavy atom. The molecule has 1 aliphatic heterocycles. The van der Waals surface area contributed by atoms with E-state index >= 15 is 0 Å². The number of rotatable bonds is 7. The summed E-state index contributed by atoms with van der Waals surface area (Å²) in [6, 6.07) is 3.77. The van der Waals surface area contributed by atoms with Crippen molar-refractivity contribution in [2.45, 2.75) is 19.3 Å². The lowest BCUT2D eigenvalue weighted by molar-refractivity contribution is 0.261. The van der Waals surface area contributed by atoms with Gasteiger partial charge in [0.15, 0.2) is 0 Å². The summed E-state index contributed by atoms with van der Waals surface area (Å²) < 4.78 is 29.6. The van der Waals surface area contributed by atoms with Gasteiger partial charge in [-0.1, -0.05) is 11.6 Å². The summed E-state index contributed by atoms with van der Waals surface area (Å²) in [4.78, 5) is 1.09. The molecule has 0 aromatic carbocycles. The molecule has 0 radical (unpaired) electrons. The van der Waals surface area contributed by atoms with Crippen LogP contribution in [-0.2, 0) is 16.6 Å². The molecule has 1 unspecified atom stereocenters. The quantitative estimate of drug-likeness (QED) is 0.786. The van der Waals surface area contributed by atoms with Gasteiger partial charge in [0.05, 0.1) is 4.34 Å². The number of hydrogen-bond acceptors (Lipinski definition) is 4. The molecule has 120 valence electrons. The van der Waals surface area contributed by atoms with Gasteiger partial charge in [-0.25, -0.2) is 4.72 Å². The minimum atomic E-state index is -3.37. The molecule has 1 saturated heterocycles. The Morgan fingerprint density at radius 1 is 1.48 bits per heavy atom. The Hall–Kier alpha value is -0.180. The molecular formula is C13H22ClN3O2S2. The third-order valence-corrected chi connectivity index (χ3v) is 6.47. The monoisotopic (exact) mass is 351 g/mol. The molecule has 8 heteroatoms. The first-order valence-corrected chi connectivity index (χ1v) is 9.78. The van der Waals surface area contributed by atoms with E-state index < -0.39 is 10.2 Å². The summed E-state index contributed by atoms with van der Waals surface area (Å²) >= 11 is 7.35. The highest BCUT2D eigenvalue weighted by Crippen LogP contribution is 2.22. The average Bonchev–Trinajstić information content (AvgIpc) is 2.85. The molecule has 1 atom stereocenters. The number of nitrogens with zero attached hydrogens (tertiary/aromatic N) is 1. The first-order valence-electron chi connectivity index (χ1n) is 7.15. The van der Waals surface area contributed by atoms with Crippen LogP contribution >= 0.6 is 22.9 Å². The maximum atomic E-state index is 12.3. The summed E-state index contributed by atoms with van der Waals surface area (Å²) in [5.74, 6) is 0.399. The first-order chi connectivity index (χ1) is 10.0. The first kappa shape index (κ1) is 17.2. The minimum absolute atomic E-state index is 0.399. The van der Waals surface area contributed by atoms with E-state index in [4.69, 9.17) is 11.6 Å². The molecule has 0 bridgehead atoms. The van der Waals surface area contributed by atoms with Crippen molar-refractivity contribution in [2.24, 2.45) is 5.92 Å². The third-order valence-electron chi connectivity index (χ3n) is 3.60. The van der Waals surface area contributed by atoms with Crippen LogP contribution in [0.2, 0.25) is 4.34 Å². The second kappa shape index (κ2) is 7.89. The van der Waals surface area contributed by atoms with E-state index in [1.54, 1.807) is 4.31 Å². The van der Waals surface area contributed by atoms with Gasteiger partial charge in [0.25, 0.3) is 10.2 Å². The molecule has 2 N–H and O–H groups in total. The molecule has 0 amide bonds. The average molecular weight is 352 g/mol. The van der Waals surface area contributed by atoms with Gasteiger partial charge in [-0.05, 0) is 50.9 Å². The van der Waals surface area contributed by atoms with Gasteiger partial charge in [-0.3, -0.25) is 0 Å². The minimum Gasteiger partial charge on any atom is -0.319 e. The van der Waals surface area contributed by atoms with Crippen LogP contribution in [0.5, 0.6) is 0 Å². The van der Waals surface area contributed by atoms with Crippen LogP contribution in [0.15, 0.2) is 12.1 Å². The molecule has 2 heterocycles. The molecular weight excluding hydrogens is 330 g/mol. The fourth-order valence-electron chi connectivity index (χ4n) is 2.58. The predicted octanol–water partition coefficient (Wildman–Crippen LogP) is 1.71. The zero-order chi connectivity index (χ0) is 15.3. The third kappa shape index (κ3) is 5.19. The van der Waals surface area contributed by atoms with Crippen molar-refractivity contribution < 1.29 is 8.42 Å². The van der Waals surface area contributed by atoms with Gasteiger partial charge in [-0.2, -0.15) is 12.7 Å². The van der Waals surface area contributed by atoms with Crippen molar-refractivity contribution in [1.82, 2.24) is 14.3 Å². The van der Waals surface area contributed by atoms with Gasteiger partial charge in [0.1, 0.15) is 0 Å². The summed E-state index contributed by atoms with van der Waals surface area (Å²) in [6.07, 6.45) is 2.68. The van der Waals surface area contributed by atoms with Crippen LogP contribution in [0.4, 0.5) is 0 Å². The molecule has 0 spiro atoms. The summed E-state index contributed by atoms with van der Waals surface area (Å²) in [7, 11) is -1.47. The van der Waals surface area contributed by atoms with Gasteiger partial charge >= 0.3 is 0 Å². The van der Waals surface area contributed by atoms with Crippen LogP contribution in [0.1, 0.15) is 17.7 Å². The highest BCUT2D eigenvalue weighted by molar-refractivity contribution is 7.87. The molecule has 5 nitrogen and oxygen atoms in total. The molecule has 1 aromatic heterocycles. The van der Waals surface area contributed by atoms with Crippen molar-refractivity contribution in [2.75, 3.05) is 33.2 Å². The fraction of sp³-hybridized carbons (Fsp3) is 0.692. The SMILES string of the molecule is CNCC1CCCN(S(=O)(=O)NCCc2ccc(Cl)s2)C1. The molecule has 0 saturated carbocycles. The summed E-state index contributed by atoms with van der Waals surface area (Å²) in [5, 5.41) is 3.12. The van der Waals surface area contributed by atoms with Crippen molar-refractivity contribution in [3.63, 3.8) is 0 Å². The van der Waals surface area contributed by atoms with E-state index in [0.717, 1.165) is 28.6 Å². The van der Waals surface area contributed by atoms with Gasteiger partial charge in [0.2, 0.25) is 0 Å². The van der Waals surface area contributed by atoms with E-state index in [1.807, 2.05) is 19.2 Å². The zero-order valence-corrected chi connectivity index (χ0v) is 14.5. The topological polar surface area (TPSA) is 61.4 Å². The van der Waals surface area contributed by atoms with Gasteiger partial charge in [0, 0.05) is 24.5 Å². The van der Waals surface area contributed by atoms with E-state index in [0.29, 0.717) is 32.0 Å². The van der Waals surface area contributed by atoms with Crippen LogP contribution in [0, 0.1) is 5.92 Å². The van der Waals surface area contributed by atoms with Crippen molar-refractivity contribution in [3.05, 3.63) is 21.3 Å². The fourth-order valence-corrected chi connectivity index (χ4v) is 4.99. The van der Waals surface area contributed by atoms with Gasteiger partial charge in [-0.15, -0.1) is 11.3 Å². The van der Waals surface area contributed by atoms with Crippen LogP contribution < -0.4 is 10.0 Å². The zero-order valence-electron chi connectivity index (χ0n) is 12.1. The van der Waals surface area contributed by atoms with E-state index in [2.05, 4.69) is 10.0 Å². The number of halogens is 1. The lowest BCUT2D eigenvalue weighted by atomic mass is 10.00. The standard InChI is InChI=1S/C13H22ClN3O2S2/c1-15-9-11-3-2-8-17(10-11)21(18,19)16-7-6-12-4-5-13(14)20-12/h4-5,11,15-16H,2-3,6-10H2,1H3. The predicted molar refractivity (Wildman–Crippen MR) is 88.2 cm³/mol. The Kier molecular flexibility index (Phi) is 6.46. The normalized spacial score (nSPS) is 20.8. The smallest absolute Gasteiger partial charge is 0.279 e. The molecule has 1 aliphatic rings. The molecule has 1 aromatic rings. The highest BCUT2D eigenvalue weighted by atomic mass is 35.5. The Bertz CT molecular complexity index is 545. The number of hydrogen-bond donors (Lipinski definition) is 2. The van der Waals surface area contributed by atoms with E-state index in [-0.39, 0.29) is 0 Å². The Morgan fingerprint density at radius 3 is 2.95 bits per heavy atom. The molecule has 2 rings (SSSR count). The Labute approximate surface area is 135 Å². The van der Waals surface area contributed by atoms with E-state index in [9.17, 15) is 8.42 Å². The second-order valence-corrected chi connectivity index (χ2v) is 8.83. The number of piperidine rings is 1. The summed E-state index contributed by atoms with van der Waals surface area (Å²) in [6.45, 7) is 2.48. The lowest BCUT2D eigenvalue weighted by Gasteiger charge is -2.31. The highest BCUT2D eigenvalue weighted by Gasteiger charge is 2.28. The number of nitrogens with one attached hydrogen (secondary N) is 2. The number of thiophene rings is 1. The van der Waals surface area contributed by atoms with Gasteiger partial charge < -0.3 is 5.32 Å². The maximum Gasteiger partial charge on any atom is 0.279 e. The van der Waals surface area contributed by atoms with Crippen molar-refractivity contribution >= 4 is 33.1 Å². The largest absolute Gasteiger partial charge is 0.319 e.